The molecule has 20 heteroatoms. The number of hydrogen-bond donors (Lipinski definition) is 0. The third-order valence-corrected chi connectivity index (χ3v) is 3.97. The Kier molecular flexibility index (Phi) is 81.1. The van der Waals surface area contributed by atoms with Crippen LogP contribution in [0.25, 0.3) is 0 Å². The zero-order chi connectivity index (χ0) is 41.2. The van der Waals surface area contributed by atoms with Gasteiger partial charge in [-0.15, -0.1) is 0 Å². The smallest absolute Gasteiger partial charge is 0.195 e. The van der Waals surface area contributed by atoms with Gasteiger partial charge in [-0.05, 0) is 0 Å². The summed E-state index contributed by atoms with van der Waals surface area (Å²) in [7, 11) is 0. The molecule has 0 radical (unpaired) electrons. The number of rotatable bonds is 8. The molecule has 0 heterocycles. The van der Waals surface area contributed by atoms with Gasteiger partial charge in [-0.3, -0.25) is 76.7 Å². The highest BCUT2D eigenvalue weighted by Gasteiger charge is 1.97. The largest absolute Gasteiger partial charge is 0.291 e. The summed E-state index contributed by atoms with van der Waals surface area (Å²) in [5.41, 5.74) is 0. The van der Waals surface area contributed by atoms with Gasteiger partial charge in [0.05, 0.1) is 0 Å². The van der Waals surface area contributed by atoms with Crippen LogP contribution in [0.2, 0.25) is 0 Å². The first-order valence-electron chi connectivity index (χ1n) is 13.3. The Hall–Kier alpha value is -3.88. The van der Waals surface area contributed by atoms with Gasteiger partial charge in [0.25, 0.3) is 0 Å². The summed E-state index contributed by atoms with van der Waals surface area (Å²) in [5, 5.41) is 0. The monoisotopic (exact) mass is 824 g/mol. The molecule has 0 atom stereocenters. The average molecular weight is 825 g/mol. The molecule has 304 valence electrons. The van der Waals surface area contributed by atoms with Crippen molar-refractivity contribution in [1.29, 1.82) is 0 Å². The van der Waals surface area contributed by atoms with Gasteiger partial charge in [0.1, 0.15) is 0 Å². The first kappa shape index (κ1) is 81.9. The Morgan fingerprint density at radius 2 is 0.154 bits per heavy atom. The molecular weight excluding hydrogens is 769 g/mol. The van der Waals surface area contributed by atoms with Gasteiger partial charge in [-0.25, -0.2) is 0 Å². The Balaban J connectivity index is -0.0000000348. The highest BCUT2D eigenvalue weighted by molar-refractivity contribution is 7.59. The standard InChI is InChI=1S/8C4H6O2.4H2S/c8*1-3(5)4(2)6;;;;/h8*1-2H3;4*1H2. The third-order valence-electron chi connectivity index (χ3n) is 3.97. The minimum absolute atomic E-state index is 0. The van der Waals surface area contributed by atoms with Crippen LogP contribution in [-0.2, 0) is 76.7 Å². The molecule has 0 aliphatic carbocycles. The van der Waals surface area contributed by atoms with Crippen molar-refractivity contribution in [1.82, 2.24) is 0 Å². The van der Waals surface area contributed by atoms with Crippen LogP contribution in [0.5, 0.6) is 0 Å². The number of ketones is 16. The fourth-order valence-corrected chi connectivity index (χ4v) is 0. The Morgan fingerprint density at radius 1 is 0.135 bits per heavy atom. The van der Waals surface area contributed by atoms with Crippen LogP contribution in [0.15, 0.2) is 0 Å². The summed E-state index contributed by atoms with van der Waals surface area (Å²) in [6.07, 6.45) is 0. The van der Waals surface area contributed by atoms with Crippen LogP contribution in [0, 0.1) is 0 Å². The molecule has 0 aromatic carbocycles. The van der Waals surface area contributed by atoms with E-state index in [1.807, 2.05) is 0 Å². The van der Waals surface area contributed by atoms with Gasteiger partial charge in [0, 0.05) is 111 Å². The fourth-order valence-electron chi connectivity index (χ4n) is 0. The van der Waals surface area contributed by atoms with E-state index in [-0.39, 0.29) is 147 Å². The highest BCUT2D eigenvalue weighted by atomic mass is 32.1. The first-order valence-corrected chi connectivity index (χ1v) is 13.3. The molecule has 0 aromatic heterocycles. The van der Waals surface area contributed by atoms with Gasteiger partial charge < -0.3 is 0 Å². The summed E-state index contributed by atoms with van der Waals surface area (Å²) in [4.78, 5) is 157. The maximum absolute atomic E-state index is 9.79. The molecule has 0 aliphatic heterocycles. The normalized spacial score (nSPS) is 7.08. The minimum atomic E-state index is -0.380. The molecule has 0 N–H and O–H groups in total. The van der Waals surface area contributed by atoms with E-state index in [0.717, 1.165) is 0 Å². The van der Waals surface area contributed by atoms with E-state index in [4.69, 9.17) is 0 Å². The summed E-state index contributed by atoms with van der Waals surface area (Å²) in [6, 6.07) is 0. The van der Waals surface area contributed by atoms with E-state index in [2.05, 4.69) is 0 Å². The summed E-state index contributed by atoms with van der Waals surface area (Å²) in [5.74, 6) is -6.07. The van der Waals surface area contributed by atoms with E-state index in [0.29, 0.717) is 0 Å². The molecule has 0 amide bonds. The van der Waals surface area contributed by atoms with Crippen LogP contribution in [-0.4, -0.2) is 92.5 Å². The van der Waals surface area contributed by atoms with Crippen LogP contribution < -0.4 is 0 Å². The van der Waals surface area contributed by atoms with E-state index < -0.39 is 0 Å². The molecule has 0 saturated heterocycles. The fraction of sp³-hybridized carbons (Fsp3) is 0.500. The Labute approximate surface area is 332 Å². The van der Waals surface area contributed by atoms with Crippen molar-refractivity contribution in [3.8, 4) is 0 Å². The predicted octanol–water partition coefficient (Wildman–Crippen LogP) is 1.77. The number of Topliss-reactive ketones (excluding diaryl/α,β-unsaturated/α-hetero) is 16. The molecule has 0 fully saturated rings. The maximum Gasteiger partial charge on any atom is 0.195 e. The minimum Gasteiger partial charge on any atom is -0.291 e. The van der Waals surface area contributed by atoms with Crippen molar-refractivity contribution in [2.45, 2.75) is 111 Å². The topological polar surface area (TPSA) is 273 Å². The molecular formula is C32H56O16S4. The third kappa shape index (κ3) is 119. The summed E-state index contributed by atoms with van der Waals surface area (Å²) < 4.78 is 0. The maximum atomic E-state index is 9.79. The van der Waals surface area contributed by atoms with Crippen molar-refractivity contribution in [3.63, 3.8) is 0 Å². The first-order chi connectivity index (χ1) is 21.1. The molecule has 0 bridgehead atoms. The van der Waals surface area contributed by atoms with E-state index in [9.17, 15) is 76.7 Å². The highest BCUT2D eigenvalue weighted by Crippen LogP contribution is 1.70. The lowest BCUT2D eigenvalue weighted by atomic mass is 10.3. The average Bonchev–Trinajstić information content (AvgIpc) is 2.90. The molecule has 0 rings (SSSR count). The number of carbonyl (C=O) groups excluding carboxylic acids is 16. The van der Waals surface area contributed by atoms with E-state index in [1.165, 1.54) is 111 Å². The molecule has 0 aromatic rings. The van der Waals surface area contributed by atoms with Crippen molar-refractivity contribution in [3.05, 3.63) is 0 Å². The van der Waals surface area contributed by atoms with E-state index >= 15 is 0 Å². The summed E-state index contributed by atoms with van der Waals surface area (Å²) in [6.45, 7) is 20.0. The van der Waals surface area contributed by atoms with Crippen LogP contribution in [0.3, 0.4) is 0 Å². The molecule has 16 nitrogen and oxygen atoms in total. The van der Waals surface area contributed by atoms with Gasteiger partial charge in [0.15, 0.2) is 92.5 Å². The zero-order valence-corrected chi connectivity index (χ0v) is 36.5. The Bertz CT molecular complexity index is 881. The van der Waals surface area contributed by atoms with E-state index in [1.54, 1.807) is 0 Å². The molecule has 0 aliphatic rings. The van der Waals surface area contributed by atoms with Crippen molar-refractivity contribution < 1.29 is 76.7 Å². The molecule has 0 spiro atoms. The van der Waals surface area contributed by atoms with Crippen molar-refractivity contribution in [2.24, 2.45) is 0 Å². The quantitative estimate of drug-likeness (QED) is 0.315. The van der Waals surface area contributed by atoms with Crippen LogP contribution >= 0.6 is 54.0 Å². The van der Waals surface area contributed by atoms with Crippen LogP contribution in [0.4, 0.5) is 0 Å². The second-order valence-electron chi connectivity index (χ2n) is 8.90. The lowest BCUT2D eigenvalue weighted by Crippen LogP contribution is -2.01. The number of hydrogen-bond acceptors (Lipinski definition) is 16. The van der Waals surface area contributed by atoms with Crippen molar-refractivity contribution >= 4 is 147 Å². The van der Waals surface area contributed by atoms with Gasteiger partial charge >= 0.3 is 0 Å². The molecule has 0 unspecified atom stereocenters. The lowest BCUT2D eigenvalue weighted by molar-refractivity contribution is -0.134. The summed E-state index contributed by atoms with van der Waals surface area (Å²) >= 11 is 0. The zero-order valence-electron chi connectivity index (χ0n) is 32.5. The van der Waals surface area contributed by atoms with Gasteiger partial charge in [0.2, 0.25) is 0 Å². The van der Waals surface area contributed by atoms with Gasteiger partial charge in [-0.1, -0.05) is 0 Å². The lowest BCUT2D eigenvalue weighted by Gasteiger charge is -1.73. The molecule has 0 saturated carbocycles. The van der Waals surface area contributed by atoms with Crippen LogP contribution in [0.1, 0.15) is 111 Å². The second-order valence-corrected chi connectivity index (χ2v) is 8.90. The second kappa shape index (κ2) is 51.5. The number of carbonyl (C=O) groups is 16. The SMILES string of the molecule is CC(=O)C(C)=O.CC(=O)C(C)=O.CC(=O)C(C)=O.CC(=O)C(C)=O.CC(=O)C(C)=O.CC(=O)C(C)=O.CC(=O)C(C)=O.CC(=O)C(C)=O.S.S.S.S. The predicted molar refractivity (Wildman–Crippen MR) is 212 cm³/mol. The Morgan fingerprint density at radius 3 is 0.154 bits per heavy atom. The van der Waals surface area contributed by atoms with Crippen molar-refractivity contribution in [2.75, 3.05) is 0 Å². The molecule has 52 heavy (non-hydrogen) atoms. The van der Waals surface area contributed by atoms with Gasteiger partial charge in [-0.2, -0.15) is 54.0 Å².